The average molecular weight is 606 g/mol. The van der Waals surface area contributed by atoms with E-state index in [9.17, 15) is 9.59 Å². The number of hydrogen-bond donors (Lipinski definition) is 0. The van der Waals surface area contributed by atoms with Gasteiger partial charge in [-0.1, -0.05) is 0 Å². The van der Waals surface area contributed by atoms with Crippen molar-refractivity contribution in [2.75, 3.05) is 21.3 Å². The molecule has 1 atom stereocenters. The van der Waals surface area contributed by atoms with E-state index in [4.69, 9.17) is 15.4 Å². The number of hydrogen-bond acceptors (Lipinski definition) is 8. The molecule has 160 valence electrons. The predicted octanol–water partition coefficient (Wildman–Crippen LogP) is 5.00. The van der Waals surface area contributed by atoms with E-state index < -0.39 is 51.1 Å². The van der Waals surface area contributed by atoms with E-state index in [1.165, 1.54) is 21.3 Å². The molecule has 0 bridgehead atoms. The Kier molecular flexibility index (Phi) is 15.0. The number of rotatable bonds is 14. The molecule has 1 unspecified atom stereocenters. The van der Waals surface area contributed by atoms with E-state index in [1.54, 1.807) is 0 Å². The van der Waals surface area contributed by atoms with Crippen LogP contribution >= 0.6 is 0 Å². The summed E-state index contributed by atoms with van der Waals surface area (Å²) in [7, 11) is 4.04. The number of methoxy groups -OCH3 is 2. The van der Waals surface area contributed by atoms with Crippen molar-refractivity contribution in [3.8, 4) is 0 Å². The van der Waals surface area contributed by atoms with Gasteiger partial charge in [-0.15, -0.1) is 0 Å². The van der Waals surface area contributed by atoms with Crippen LogP contribution in [0.5, 0.6) is 0 Å². The molecule has 0 rings (SSSR count). The van der Waals surface area contributed by atoms with E-state index >= 15 is 0 Å². The predicted molar refractivity (Wildman–Crippen MR) is 106 cm³/mol. The molecule has 0 aliphatic carbocycles. The normalized spacial score (nSPS) is 13.6. The van der Waals surface area contributed by atoms with Crippen molar-refractivity contribution in [1.82, 2.24) is 0 Å². The molecule has 10 heteroatoms. The van der Waals surface area contributed by atoms with Gasteiger partial charge in [0.2, 0.25) is 0 Å². The summed E-state index contributed by atoms with van der Waals surface area (Å²) in [5.41, 5.74) is 0. The molecule has 0 fully saturated rings. The molecule has 0 aliphatic heterocycles. The third-order valence-corrected chi connectivity index (χ3v) is 33.0. The molecule has 27 heavy (non-hydrogen) atoms. The fourth-order valence-electron chi connectivity index (χ4n) is 2.59. The van der Waals surface area contributed by atoms with Crippen molar-refractivity contribution in [2.45, 2.75) is 72.6 Å². The topological polar surface area (TPSA) is 89.5 Å². The van der Waals surface area contributed by atoms with Gasteiger partial charge in [-0.2, -0.15) is 0 Å². The fraction of sp³-hybridized carbons (Fsp3) is 0.882. The second-order valence-electron chi connectivity index (χ2n) is 6.32. The molecule has 8 nitrogen and oxygen atoms in total. The van der Waals surface area contributed by atoms with Crippen LogP contribution in [0.1, 0.15) is 59.3 Å². The van der Waals surface area contributed by atoms with E-state index in [-0.39, 0.29) is 0 Å². The van der Waals surface area contributed by atoms with Gasteiger partial charge in [-0.05, 0) is 0 Å². The third kappa shape index (κ3) is 10.4. The molecule has 0 saturated heterocycles. The monoisotopic (exact) mass is 608 g/mol. The molecule has 0 saturated carbocycles. The van der Waals surface area contributed by atoms with Gasteiger partial charge in [0.1, 0.15) is 0 Å². The van der Waals surface area contributed by atoms with Crippen LogP contribution < -0.4 is 0 Å². The van der Waals surface area contributed by atoms with Crippen molar-refractivity contribution >= 4 is 51.1 Å². The summed E-state index contributed by atoms with van der Waals surface area (Å²) in [5, 5.41) is 0. The summed E-state index contributed by atoms with van der Waals surface area (Å²) in [6.45, 7) is 6.19. The zero-order chi connectivity index (χ0) is 20.8. The van der Waals surface area contributed by atoms with Gasteiger partial charge < -0.3 is 0 Å². The van der Waals surface area contributed by atoms with Crippen molar-refractivity contribution in [3.63, 3.8) is 0 Å². The number of ether oxygens (including phenoxy) is 2. The van der Waals surface area contributed by atoms with Crippen LogP contribution in [0.3, 0.4) is 0 Å². The first kappa shape index (κ1) is 27.1. The Bertz CT molecular complexity index is 427. The summed E-state index contributed by atoms with van der Waals surface area (Å²) in [6, 6.07) is 0. The fourth-order valence-corrected chi connectivity index (χ4v) is 37.3. The molecule has 0 amide bonds. The first-order valence-corrected chi connectivity index (χ1v) is 21.5. The van der Waals surface area contributed by atoms with Crippen molar-refractivity contribution in [3.05, 3.63) is 0 Å². The van der Waals surface area contributed by atoms with Crippen molar-refractivity contribution < 1.29 is 29.7 Å². The second-order valence-corrected chi connectivity index (χ2v) is 26.5. The maximum atomic E-state index is 12.0. The van der Waals surface area contributed by atoms with E-state index in [0.717, 1.165) is 38.5 Å². The molecular formula is C17H36O8Sn2. The van der Waals surface area contributed by atoms with E-state index in [2.05, 4.69) is 18.6 Å². The van der Waals surface area contributed by atoms with Gasteiger partial charge in [-0.25, -0.2) is 0 Å². The van der Waals surface area contributed by atoms with Crippen LogP contribution in [0.2, 0.25) is 13.3 Å². The van der Waals surface area contributed by atoms with Gasteiger partial charge >= 0.3 is 175 Å². The quantitative estimate of drug-likeness (QED) is 0.202. The molecule has 0 spiro atoms. The third-order valence-electron chi connectivity index (χ3n) is 4.15. The Morgan fingerprint density at radius 1 is 0.704 bits per heavy atom. The zero-order valence-electron chi connectivity index (χ0n) is 17.6. The summed E-state index contributed by atoms with van der Waals surface area (Å²) in [6.07, 6.45) is 3.78. The number of carbonyl (C=O) groups excluding carboxylic acids is 2. The van der Waals surface area contributed by atoms with Gasteiger partial charge in [0, 0.05) is 0 Å². The molecule has 0 aromatic carbocycles. The van der Waals surface area contributed by atoms with Crippen LogP contribution in [0.4, 0.5) is 9.59 Å². The first-order chi connectivity index (χ1) is 12.9. The minimum absolute atomic E-state index is 0.526. The Morgan fingerprint density at radius 2 is 1.15 bits per heavy atom. The van der Waals surface area contributed by atoms with E-state index in [1.807, 2.05) is 6.92 Å². The molecule has 0 aromatic heterocycles. The molecule has 0 N–H and O–H groups in total. The average Bonchev–Trinajstić information content (AvgIpc) is 2.68. The molecule has 0 aromatic rings. The summed E-state index contributed by atoms with van der Waals surface area (Å²) >= 11 is -8.28. The summed E-state index contributed by atoms with van der Waals surface area (Å²) in [4.78, 5) is 23.9. The summed E-state index contributed by atoms with van der Waals surface area (Å²) < 4.78 is 35.0. The van der Waals surface area contributed by atoms with Gasteiger partial charge in [0.15, 0.2) is 0 Å². The Labute approximate surface area is 174 Å². The number of unbranched alkanes of at least 4 members (excludes halogenated alkanes) is 3. The van der Waals surface area contributed by atoms with Crippen LogP contribution in [0.25, 0.3) is 0 Å². The van der Waals surface area contributed by atoms with Gasteiger partial charge in [0.25, 0.3) is 0 Å². The van der Waals surface area contributed by atoms with Gasteiger partial charge in [0.05, 0.1) is 0 Å². The Morgan fingerprint density at radius 3 is 1.56 bits per heavy atom. The Balaban J connectivity index is 5.85. The van der Waals surface area contributed by atoms with Gasteiger partial charge in [-0.3, -0.25) is 0 Å². The van der Waals surface area contributed by atoms with Crippen molar-refractivity contribution in [2.24, 2.45) is 0 Å². The van der Waals surface area contributed by atoms with Crippen molar-refractivity contribution in [1.29, 1.82) is 0 Å². The SMILES string of the molecule is CCC[CH2][Sn]([CH2]CCC)([O]C(=O)OC)[O][Sn]([CH2]CCC)([O]C)[O]C(=O)OC. The van der Waals surface area contributed by atoms with Crippen LogP contribution in [-0.4, -0.2) is 72.5 Å². The minimum atomic E-state index is -4.31. The van der Waals surface area contributed by atoms with Crippen LogP contribution in [0.15, 0.2) is 0 Å². The first-order valence-electron chi connectivity index (χ1n) is 9.65. The van der Waals surface area contributed by atoms with E-state index in [0.29, 0.717) is 13.3 Å². The maximum absolute atomic E-state index is 12.0. The number of carbonyl (C=O) groups is 2. The molecule has 0 aliphatic rings. The molecule has 0 radical (unpaired) electrons. The van der Waals surface area contributed by atoms with Crippen LogP contribution in [-0.2, 0) is 20.1 Å². The molecule has 0 heterocycles. The Hall–Kier alpha value is 0.0574. The van der Waals surface area contributed by atoms with Crippen LogP contribution in [0, 0.1) is 0 Å². The standard InChI is InChI=1S/3C4H9.2C2H4O3.CH3O.O.2Sn/c3*1-3-4-2;2*1-5-2(3)4;1-2;;;/h3*1,3-4H2,2H3;2*1H3,(H,3,4);1H3;;;/q;;;;;-1;;+1;+2/p-2. The zero-order valence-corrected chi connectivity index (χ0v) is 23.3. The second kappa shape index (κ2) is 15.0. The summed E-state index contributed by atoms with van der Waals surface area (Å²) in [5.74, 6) is 0. The molecular weight excluding hydrogens is 570 g/mol.